The lowest BCUT2D eigenvalue weighted by molar-refractivity contribution is 0.974. The van der Waals surface area contributed by atoms with E-state index in [9.17, 15) is 0 Å². The Morgan fingerprint density at radius 3 is 3.27 bits per heavy atom. The largest absolute Gasteiger partial charge is 0.292 e. The number of hydrogen-bond donors (Lipinski definition) is 0. The summed E-state index contributed by atoms with van der Waals surface area (Å²) < 4.78 is 0. The molecule has 1 aliphatic heterocycles. The van der Waals surface area contributed by atoms with Crippen LogP contribution in [0.25, 0.3) is 0 Å². The highest BCUT2D eigenvalue weighted by molar-refractivity contribution is 7.12. The van der Waals surface area contributed by atoms with Gasteiger partial charge in [-0.2, -0.15) is 0 Å². The average Bonchev–Trinajstić information content (AvgIpc) is 2.46. The zero-order valence-corrected chi connectivity index (χ0v) is 7.45. The third kappa shape index (κ3) is 1.23. The van der Waals surface area contributed by atoms with Gasteiger partial charge in [0, 0.05) is 34.5 Å². The van der Waals surface area contributed by atoms with Gasteiger partial charge in [0.2, 0.25) is 0 Å². The van der Waals surface area contributed by atoms with E-state index >= 15 is 0 Å². The number of aryl methyl sites for hydroxylation is 1. The van der Waals surface area contributed by atoms with Crippen LogP contribution in [-0.4, -0.2) is 12.8 Å². The summed E-state index contributed by atoms with van der Waals surface area (Å²) in [5, 5.41) is 0. The quantitative estimate of drug-likeness (QED) is 0.605. The maximum Gasteiger partial charge on any atom is 0.0438 e. The van der Waals surface area contributed by atoms with Crippen molar-refractivity contribution in [2.24, 2.45) is 4.99 Å². The highest BCUT2D eigenvalue weighted by Crippen LogP contribution is 2.24. The number of nitrogens with zero attached hydrogens (tertiary/aromatic N) is 1. The predicted molar refractivity (Wildman–Crippen MR) is 49.9 cm³/mol. The molecule has 1 nitrogen and oxygen atoms in total. The van der Waals surface area contributed by atoms with Gasteiger partial charge in [0.1, 0.15) is 0 Å². The molecular weight excluding hydrogens is 154 g/mol. The van der Waals surface area contributed by atoms with Gasteiger partial charge in [-0.05, 0) is 12.5 Å². The second-order valence-corrected chi connectivity index (χ2v) is 3.95. The molecule has 0 radical (unpaired) electrons. The summed E-state index contributed by atoms with van der Waals surface area (Å²) in [6.45, 7) is 3.19. The Hall–Kier alpha value is -0.630. The highest BCUT2D eigenvalue weighted by Gasteiger charge is 2.08. The highest BCUT2D eigenvalue weighted by atomic mass is 32.1. The Morgan fingerprint density at radius 1 is 1.64 bits per heavy atom. The van der Waals surface area contributed by atoms with Crippen LogP contribution < -0.4 is 0 Å². The van der Waals surface area contributed by atoms with E-state index < -0.39 is 0 Å². The Labute approximate surface area is 70.8 Å². The molecule has 1 aromatic rings. The van der Waals surface area contributed by atoms with Crippen LogP contribution >= 0.6 is 11.3 Å². The van der Waals surface area contributed by atoms with Crippen molar-refractivity contribution < 1.29 is 0 Å². The fourth-order valence-electron chi connectivity index (χ4n) is 1.31. The van der Waals surface area contributed by atoms with E-state index in [2.05, 4.69) is 18.0 Å². The van der Waals surface area contributed by atoms with Crippen LogP contribution in [0, 0.1) is 0 Å². The second-order valence-electron chi connectivity index (χ2n) is 2.73. The van der Waals surface area contributed by atoms with Gasteiger partial charge in [0.25, 0.3) is 0 Å². The minimum absolute atomic E-state index is 0.983. The smallest absolute Gasteiger partial charge is 0.0438 e. The van der Waals surface area contributed by atoms with Gasteiger partial charge in [0.05, 0.1) is 0 Å². The van der Waals surface area contributed by atoms with Crippen molar-refractivity contribution in [2.75, 3.05) is 6.54 Å². The van der Waals surface area contributed by atoms with Crippen molar-refractivity contribution in [3.63, 3.8) is 0 Å². The van der Waals surface area contributed by atoms with Crippen molar-refractivity contribution in [3.8, 4) is 0 Å². The molecule has 0 atom stereocenters. The summed E-state index contributed by atoms with van der Waals surface area (Å²) in [5.74, 6) is 0. The second kappa shape index (κ2) is 2.78. The number of rotatable bonds is 1. The van der Waals surface area contributed by atoms with Crippen molar-refractivity contribution >= 4 is 17.6 Å². The minimum atomic E-state index is 0.983. The van der Waals surface area contributed by atoms with Crippen molar-refractivity contribution in [1.29, 1.82) is 0 Å². The van der Waals surface area contributed by atoms with Crippen LogP contribution in [0.2, 0.25) is 0 Å². The van der Waals surface area contributed by atoms with Gasteiger partial charge in [-0.3, -0.25) is 4.99 Å². The monoisotopic (exact) mass is 165 g/mol. The molecule has 0 unspecified atom stereocenters. The average molecular weight is 165 g/mol. The maximum atomic E-state index is 4.25. The van der Waals surface area contributed by atoms with E-state index in [0.29, 0.717) is 0 Å². The Balaban J connectivity index is 2.42. The van der Waals surface area contributed by atoms with Crippen LogP contribution in [0.4, 0.5) is 0 Å². The van der Waals surface area contributed by atoms with Crippen LogP contribution in [-0.2, 0) is 12.8 Å². The molecule has 1 aromatic heterocycles. The lowest BCUT2D eigenvalue weighted by atomic mass is 10.2. The summed E-state index contributed by atoms with van der Waals surface area (Å²) in [6, 6.07) is 2.27. The molecule has 2 heterocycles. The Kier molecular flexibility index (Phi) is 1.78. The Bertz CT molecular complexity index is 286. The van der Waals surface area contributed by atoms with Crippen molar-refractivity contribution in [2.45, 2.75) is 19.8 Å². The van der Waals surface area contributed by atoms with E-state index in [-0.39, 0.29) is 0 Å². The van der Waals surface area contributed by atoms with Crippen LogP contribution in [0.15, 0.2) is 11.1 Å². The molecule has 0 saturated heterocycles. The number of fused-ring (bicyclic) bond motifs is 1. The first-order chi connectivity index (χ1) is 5.40. The SMILES string of the molecule is CCc1cc2c(s1)CCN=C2. The molecule has 2 rings (SSSR count). The van der Waals surface area contributed by atoms with E-state index in [0.717, 1.165) is 19.4 Å². The summed E-state index contributed by atoms with van der Waals surface area (Å²) in [6.07, 6.45) is 4.32. The maximum absolute atomic E-state index is 4.25. The van der Waals surface area contributed by atoms with E-state index in [4.69, 9.17) is 0 Å². The van der Waals surface area contributed by atoms with E-state index in [1.54, 1.807) is 0 Å². The van der Waals surface area contributed by atoms with Crippen molar-refractivity contribution in [1.82, 2.24) is 0 Å². The molecule has 0 N–H and O–H groups in total. The molecule has 0 amide bonds. The summed E-state index contributed by atoms with van der Waals surface area (Å²) in [4.78, 5) is 7.26. The van der Waals surface area contributed by atoms with Gasteiger partial charge < -0.3 is 0 Å². The lowest BCUT2D eigenvalue weighted by Gasteiger charge is -2.00. The third-order valence-corrected chi connectivity index (χ3v) is 3.29. The molecular formula is C9H11NS. The first kappa shape index (κ1) is 7.04. The first-order valence-electron chi connectivity index (χ1n) is 4.01. The fourth-order valence-corrected chi connectivity index (χ4v) is 2.38. The number of hydrogen-bond acceptors (Lipinski definition) is 2. The fraction of sp³-hybridized carbons (Fsp3) is 0.444. The predicted octanol–water partition coefficient (Wildman–Crippen LogP) is 2.29. The normalized spacial score (nSPS) is 15.0. The molecule has 0 aromatic carbocycles. The molecule has 0 fully saturated rings. The van der Waals surface area contributed by atoms with Gasteiger partial charge in [0.15, 0.2) is 0 Å². The molecule has 0 spiro atoms. The molecule has 0 aliphatic carbocycles. The van der Waals surface area contributed by atoms with Gasteiger partial charge in [-0.15, -0.1) is 11.3 Å². The zero-order valence-electron chi connectivity index (χ0n) is 6.63. The summed E-state index contributed by atoms with van der Waals surface area (Å²) in [7, 11) is 0. The standard InChI is InChI=1S/C9H11NS/c1-2-8-5-7-6-10-4-3-9(7)11-8/h5-6H,2-4H2,1H3. The third-order valence-electron chi connectivity index (χ3n) is 1.94. The van der Waals surface area contributed by atoms with E-state index in [1.807, 2.05) is 17.6 Å². The number of aliphatic imine (C=N–C) groups is 1. The summed E-state index contributed by atoms with van der Waals surface area (Å²) in [5.41, 5.74) is 1.36. The molecule has 0 bridgehead atoms. The minimum Gasteiger partial charge on any atom is -0.292 e. The van der Waals surface area contributed by atoms with Crippen molar-refractivity contribution in [3.05, 3.63) is 21.4 Å². The molecule has 2 heteroatoms. The van der Waals surface area contributed by atoms with Crippen LogP contribution in [0.5, 0.6) is 0 Å². The topological polar surface area (TPSA) is 12.4 Å². The first-order valence-corrected chi connectivity index (χ1v) is 4.83. The Morgan fingerprint density at radius 2 is 2.55 bits per heavy atom. The van der Waals surface area contributed by atoms with Gasteiger partial charge >= 0.3 is 0 Å². The van der Waals surface area contributed by atoms with Gasteiger partial charge in [-0.1, -0.05) is 6.92 Å². The zero-order chi connectivity index (χ0) is 7.68. The molecule has 1 aliphatic rings. The van der Waals surface area contributed by atoms with Gasteiger partial charge in [-0.25, -0.2) is 0 Å². The van der Waals surface area contributed by atoms with Crippen LogP contribution in [0.1, 0.15) is 22.2 Å². The summed E-state index contributed by atoms with van der Waals surface area (Å²) >= 11 is 1.94. The molecule has 11 heavy (non-hydrogen) atoms. The van der Waals surface area contributed by atoms with Crippen LogP contribution in [0.3, 0.4) is 0 Å². The lowest BCUT2D eigenvalue weighted by Crippen LogP contribution is -1.97. The van der Waals surface area contributed by atoms with E-state index in [1.165, 1.54) is 15.3 Å². The molecule has 58 valence electrons. The number of thiophene rings is 1. The molecule has 0 saturated carbocycles.